The Hall–Kier alpha value is -2.09. The quantitative estimate of drug-likeness (QED) is 0.685. The summed E-state index contributed by atoms with van der Waals surface area (Å²) in [6, 6.07) is 0. The highest BCUT2D eigenvalue weighted by molar-refractivity contribution is 5.94. The summed E-state index contributed by atoms with van der Waals surface area (Å²) in [5.74, 6) is -0.212. The van der Waals surface area contributed by atoms with Crippen molar-refractivity contribution in [2.24, 2.45) is 7.05 Å². The first kappa shape index (κ1) is 22.2. The van der Waals surface area contributed by atoms with Gasteiger partial charge in [0.25, 0.3) is 5.91 Å². The number of hydrogen-bond donors (Lipinski definition) is 1. The summed E-state index contributed by atoms with van der Waals surface area (Å²) >= 11 is 0. The van der Waals surface area contributed by atoms with Gasteiger partial charge in [-0.1, -0.05) is 13.3 Å². The summed E-state index contributed by atoms with van der Waals surface area (Å²) < 4.78 is 12.7. The van der Waals surface area contributed by atoms with Gasteiger partial charge in [-0.05, 0) is 33.6 Å². The molecular formula is C20H34N4O4. The first-order valence-corrected chi connectivity index (χ1v) is 10.1. The molecule has 0 bridgehead atoms. The summed E-state index contributed by atoms with van der Waals surface area (Å²) in [6.07, 6.45) is 3.21. The van der Waals surface area contributed by atoms with Gasteiger partial charge in [0.1, 0.15) is 5.60 Å². The number of carbonyl (C=O) groups is 2. The average Bonchev–Trinajstić information content (AvgIpc) is 2.95. The van der Waals surface area contributed by atoms with Crippen LogP contribution in [-0.4, -0.2) is 58.6 Å². The summed E-state index contributed by atoms with van der Waals surface area (Å²) in [6.45, 7) is 10.5. The number of rotatable bonds is 8. The van der Waals surface area contributed by atoms with Crippen LogP contribution in [0, 0.1) is 0 Å². The number of nitrogens with one attached hydrogen (secondary N) is 1. The predicted molar refractivity (Wildman–Crippen MR) is 106 cm³/mol. The normalized spacial score (nSPS) is 14.0. The number of nitrogens with zero attached hydrogens (tertiary/aromatic N) is 3. The van der Waals surface area contributed by atoms with Crippen LogP contribution >= 0.6 is 0 Å². The monoisotopic (exact) mass is 394 g/mol. The lowest BCUT2D eigenvalue weighted by Crippen LogP contribution is -2.40. The van der Waals surface area contributed by atoms with E-state index in [0.717, 1.165) is 37.1 Å². The lowest BCUT2D eigenvalue weighted by molar-refractivity contribution is 0.0221. The van der Waals surface area contributed by atoms with Crippen LogP contribution in [0.2, 0.25) is 0 Å². The summed E-state index contributed by atoms with van der Waals surface area (Å²) in [4.78, 5) is 26.6. The maximum atomic E-state index is 12.6. The van der Waals surface area contributed by atoms with Gasteiger partial charge in [-0.2, -0.15) is 5.10 Å². The van der Waals surface area contributed by atoms with Crippen LogP contribution in [0.25, 0.3) is 0 Å². The molecule has 2 rings (SSSR count). The summed E-state index contributed by atoms with van der Waals surface area (Å²) in [5, 5.41) is 7.30. The molecule has 0 atom stereocenters. The number of unbranched alkanes of at least 4 members (excludes halogenated alkanes) is 1. The van der Waals surface area contributed by atoms with E-state index in [1.54, 1.807) is 9.58 Å². The van der Waals surface area contributed by atoms with Crippen LogP contribution in [0.15, 0.2) is 0 Å². The van der Waals surface area contributed by atoms with Gasteiger partial charge in [0.05, 0.1) is 6.54 Å². The SMILES string of the molecule is CCCCOCCCNC(=O)c1nn(C)c2c1CN(C(=O)OC(C)(C)C)CC2. The van der Waals surface area contributed by atoms with Crippen molar-refractivity contribution in [1.82, 2.24) is 20.0 Å². The fourth-order valence-corrected chi connectivity index (χ4v) is 3.07. The topological polar surface area (TPSA) is 85.7 Å². The molecule has 1 aromatic heterocycles. The van der Waals surface area contributed by atoms with E-state index in [1.807, 2.05) is 27.8 Å². The maximum Gasteiger partial charge on any atom is 0.410 e. The van der Waals surface area contributed by atoms with E-state index in [4.69, 9.17) is 9.47 Å². The van der Waals surface area contributed by atoms with E-state index in [-0.39, 0.29) is 12.0 Å². The van der Waals surface area contributed by atoms with E-state index in [0.29, 0.717) is 38.4 Å². The Labute approximate surface area is 167 Å². The van der Waals surface area contributed by atoms with Crippen LogP contribution < -0.4 is 5.32 Å². The van der Waals surface area contributed by atoms with Crippen molar-refractivity contribution >= 4 is 12.0 Å². The Morgan fingerprint density at radius 2 is 1.93 bits per heavy atom. The van der Waals surface area contributed by atoms with E-state index in [2.05, 4.69) is 17.3 Å². The zero-order valence-corrected chi connectivity index (χ0v) is 17.8. The second-order valence-corrected chi connectivity index (χ2v) is 8.12. The van der Waals surface area contributed by atoms with Crippen LogP contribution in [0.1, 0.15) is 68.7 Å². The van der Waals surface area contributed by atoms with Gasteiger partial charge in [-0.3, -0.25) is 9.48 Å². The molecule has 8 heteroatoms. The fraction of sp³-hybridized carbons (Fsp3) is 0.750. The minimum Gasteiger partial charge on any atom is -0.444 e. The van der Waals surface area contributed by atoms with Gasteiger partial charge in [0, 0.05) is 51.0 Å². The van der Waals surface area contributed by atoms with Crippen molar-refractivity contribution in [2.45, 2.75) is 65.5 Å². The van der Waals surface area contributed by atoms with E-state index >= 15 is 0 Å². The Morgan fingerprint density at radius 1 is 1.21 bits per heavy atom. The number of carbonyl (C=O) groups excluding carboxylic acids is 2. The highest BCUT2D eigenvalue weighted by atomic mass is 16.6. The predicted octanol–water partition coefficient (Wildman–Crippen LogP) is 2.65. The third-order valence-electron chi connectivity index (χ3n) is 4.50. The van der Waals surface area contributed by atoms with Gasteiger partial charge < -0.3 is 19.7 Å². The standard InChI is InChI=1S/C20H34N4O4/c1-6-7-12-27-13-8-10-21-18(25)17-15-14-24(19(26)28-20(2,3)4)11-9-16(15)23(5)22-17/h6-14H2,1-5H3,(H,21,25). The summed E-state index contributed by atoms with van der Waals surface area (Å²) in [5.41, 5.74) is 1.63. The highest BCUT2D eigenvalue weighted by Crippen LogP contribution is 2.23. The van der Waals surface area contributed by atoms with E-state index in [1.165, 1.54) is 0 Å². The van der Waals surface area contributed by atoms with Crippen molar-refractivity contribution in [3.05, 3.63) is 17.0 Å². The maximum absolute atomic E-state index is 12.6. The van der Waals surface area contributed by atoms with Crippen LogP contribution in [0.4, 0.5) is 4.79 Å². The van der Waals surface area contributed by atoms with Crippen molar-refractivity contribution in [1.29, 1.82) is 0 Å². The molecule has 1 N–H and O–H groups in total. The molecule has 0 spiro atoms. The minimum atomic E-state index is -0.550. The molecule has 2 amide bonds. The third-order valence-corrected chi connectivity index (χ3v) is 4.50. The largest absolute Gasteiger partial charge is 0.444 e. The third kappa shape index (κ3) is 6.22. The van der Waals surface area contributed by atoms with Crippen molar-refractivity contribution < 1.29 is 19.1 Å². The Balaban J connectivity index is 1.93. The average molecular weight is 395 g/mol. The molecule has 28 heavy (non-hydrogen) atoms. The Kier molecular flexibility index (Phi) is 7.86. The molecule has 1 aromatic rings. The molecule has 1 aliphatic rings. The van der Waals surface area contributed by atoms with Crippen LogP contribution in [0.5, 0.6) is 0 Å². The fourth-order valence-electron chi connectivity index (χ4n) is 3.07. The molecule has 0 saturated heterocycles. The first-order chi connectivity index (χ1) is 13.2. The Bertz CT molecular complexity index is 678. The lowest BCUT2D eigenvalue weighted by Gasteiger charge is -2.30. The zero-order valence-electron chi connectivity index (χ0n) is 17.8. The van der Waals surface area contributed by atoms with Gasteiger partial charge in [-0.25, -0.2) is 4.79 Å². The van der Waals surface area contributed by atoms with E-state index in [9.17, 15) is 9.59 Å². The Morgan fingerprint density at radius 3 is 2.61 bits per heavy atom. The minimum absolute atomic E-state index is 0.212. The molecule has 2 heterocycles. The molecule has 0 aromatic carbocycles. The highest BCUT2D eigenvalue weighted by Gasteiger charge is 2.31. The van der Waals surface area contributed by atoms with Crippen LogP contribution in [-0.2, 0) is 29.5 Å². The van der Waals surface area contributed by atoms with Crippen molar-refractivity contribution in [3.63, 3.8) is 0 Å². The number of aromatic nitrogens is 2. The first-order valence-electron chi connectivity index (χ1n) is 10.1. The van der Waals surface area contributed by atoms with Gasteiger partial charge in [0.15, 0.2) is 5.69 Å². The molecule has 0 aliphatic carbocycles. The van der Waals surface area contributed by atoms with E-state index < -0.39 is 5.60 Å². The van der Waals surface area contributed by atoms with Gasteiger partial charge in [-0.15, -0.1) is 0 Å². The number of amides is 2. The molecule has 158 valence electrons. The molecule has 0 saturated carbocycles. The van der Waals surface area contributed by atoms with Gasteiger partial charge >= 0.3 is 6.09 Å². The summed E-state index contributed by atoms with van der Waals surface area (Å²) in [7, 11) is 1.83. The molecule has 0 unspecified atom stereocenters. The van der Waals surface area contributed by atoms with Crippen molar-refractivity contribution in [2.75, 3.05) is 26.3 Å². The molecular weight excluding hydrogens is 360 g/mol. The zero-order chi connectivity index (χ0) is 20.7. The molecule has 0 radical (unpaired) electrons. The number of fused-ring (bicyclic) bond motifs is 1. The number of hydrogen-bond acceptors (Lipinski definition) is 5. The lowest BCUT2D eigenvalue weighted by atomic mass is 10.0. The smallest absolute Gasteiger partial charge is 0.410 e. The molecule has 8 nitrogen and oxygen atoms in total. The number of ether oxygens (including phenoxy) is 2. The molecule has 1 aliphatic heterocycles. The molecule has 0 fully saturated rings. The van der Waals surface area contributed by atoms with Crippen molar-refractivity contribution in [3.8, 4) is 0 Å². The van der Waals surface area contributed by atoms with Gasteiger partial charge in [0.2, 0.25) is 0 Å². The second kappa shape index (κ2) is 9.91. The number of aryl methyl sites for hydroxylation is 1. The van der Waals surface area contributed by atoms with Crippen LogP contribution in [0.3, 0.4) is 0 Å². The second-order valence-electron chi connectivity index (χ2n) is 8.12.